The molecule has 6 rings (SSSR count). The zero-order chi connectivity index (χ0) is 28.2. The molecule has 0 fully saturated rings. The molecule has 0 spiro atoms. The standard InChI is InChI=1S/C33H26N4O4/c1-33(19-18-32(38)39,22-10-14-24(15-11-22)40-30-20-34-26-6-2-4-8-28(26)36-30)23-12-16-25(17-13-23)41-31-21-35-27-7-3-5-9-29(27)37-31/h2-17,20-21H,18-19H2,1H3,(H,38,39). The first-order valence-electron chi connectivity index (χ1n) is 13.2. The topological polar surface area (TPSA) is 107 Å². The van der Waals surface area contributed by atoms with Crippen molar-refractivity contribution in [2.45, 2.75) is 25.2 Å². The molecule has 0 saturated carbocycles. The number of ether oxygens (including phenoxy) is 2. The third kappa shape index (κ3) is 5.67. The van der Waals surface area contributed by atoms with Crippen LogP contribution in [0.5, 0.6) is 23.3 Å². The molecule has 2 heterocycles. The van der Waals surface area contributed by atoms with Crippen LogP contribution in [0.15, 0.2) is 109 Å². The van der Waals surface area contributed by atoms with Crippen LogP contribution >= 0.6 is 0 Å². The molecule has 0 aliphatic heterocycles. The van der Waals surface area contributed by atoms with Gasteiger partial charge in [-0.3, -0.25) is 4.79 Å². The van der Waals surface area contributed by atoms with E-state index < -0.39 is 11.4 Å². The molecule has 0 radical (unpaired) electrons. The molecular weight excluding hydrogens is 516 g/mol. The first-order valence-corrected chi connectivity index (χ1v) is 13.2. The Morgan fingerprint density at radius 2 is 1.07 bits per heavy atom. The van der Waals surface area contributed by atoms with Crippen molar-refractivity contribution < 1.29 is 19.4 Å². The first-order chi connectivity index (χ1) is 20.0. The lowest BCUT2D eigenvalue weighted by Crippen LogP contribution is -2.24. The number of para-hydroxylation sites is 4. The van der Waals surface area contributed by atoms with Crippen molar-refractivity contribution in [2.75, 3.05) is 0 Å². The Bertz CT molecular complexity index is 1710. The quantitative estimate of drug-likeness (QED) is 0.202. The summed E-state index contributed by atoms with van der Waals surface area (Å²) in [6, 6.07) is 30.5. The summed E-state index contributed by atoms with van der Waals surface area (Å²) < 4.78 is 11.9. The predicted octanol–water partition coefficient (Wildman–Crippen LogP) is 7.33. The summed E-state index contributed by atoms with van der Waals surface area (Å²) in [5, 5.41) is 9.47. The summed E-state index contributed by atoms with van der Waals surface area (Å²) in [5.41, 5.74) is 4.46. The molecule has 0 bridgehead atoms. The highest BCUT2D eigenvalue weighted by atomic mass is 16.5. The van der Waals surface area contributed by atoms with E-state index in [0.29, 0.717) is 29.7 Å². The van der Waals surface area contributed by atoms with Gasteiger partial charge in [0, 0.05) is 11.8 Å². The van der Waals surface area contributed by atoms with Crippen LogP contribution < -0.4 is 9.47 Å². The number of benzene rings is 4. The van der Waals surface area contributed by atoms with E-state index in [1.165, 1.54) is 0 Å². The van der Waals surface area contributed by atoms with Gasteiger partial charge in [0.2, 0.25) is 11.8 Å². The van der Waals surface area contributed by atoms with Gasteiger partial charge >= 0.3 is 5.97 Å². The maximum absolute atomic E-state index is 11.5. The fraction of sp³-hybridized carbons (Fsp3) is 0.121. The Morgan fingerprint density at radius 1 is 0.659 bits per heavy atom. The highest BCUT2D eigenvalue weighted by molar-refractivity contribution is 5.74. The molecule has 8 heteroatoms. The number of fused-ring (bicyclic) bond motifs is 2. The molecule has 0 aliphatic rings. The van der Waals surface area contributed by atoms with Gasteiger partial charge in [-0.05, 0) is 66.1 Å². The number of aliphatic carboxylic acids is 1. The predicted molar refractivity (Wildman–Crippen MR) is 155 cm³/mol. The van der Waals surface area contributed by atoms with Crippen molar-refractivity contribution in [1.29, 1.82) is 0 Å². The second kappa shape index (κ2) is 11.0. The fourth-order valence-electron chi connectivity index (χ4n) is 4.81. The number of rotatable bonds is 9. The summed E-state index contributed by atoms with van der Waals surface area (Å²) in [7, 11) is 0. The molecule has 0 amide bonds. The minimum atomic E-state index is -0.846. The Labute approximate surface area is 236 Å². The monoisotopic (exact) mass is 542 g/mol. The van der Waals surface area contributed by atoms with Crippen molar-refractivity contribution in [3.05, 3.63) is 121 Å². The summed E-state index contributed by atoms with van der Waals surface area (Å²) in [6.45, 7) is 2.05. The Balaban J connectivity index is 1.23. The van der Waals surface area contributed by atoms with Gasteiger partial charge < -0.3 is 14.6 Å². The van der Waals surface area contributed by atoms with Gasteiger partial charge in [0.05, 0.1) is 34.5 Å². The van der Waals surface area contributed by atoms with Gasteiger partial charge in [0.25, 0.3) is 0 Å². The minimum absolute atomic E-state index is 0.0202. The van der Waals surface area contributed by atoms with Gasteiger partial charge in [0.15, 0.2) is 0 Å². The van der Waals surface area contributed by atoms with Gasteiger partial charge in [0.1, 0.15) is 11.5 Å². The second-order valence-electron chi connectivity index (χ2n) is 9.87. The number of hydrogen-bond donors (Lipinski definition) is 1. The van der Waals surface area contributed by atoms with E-state index in [-0.39, 0.29) is 6.42 Å². The van der Waals surface area contributed by atoms with E-state index in [2.05, 4.69) is 19.9 Å². The van der Waals surface area contributed by atoms with Crippen LogP contribution in [0, 0.1) is 0 Å². The lowest BCUT2D eigenvalue weighted by molar-refractivity contribution is -0.137. The number of aromatic nitrogens is 4. The first kappa shape index (κ1) is 25.9. The van der Waals surface area contributed by atoms with Crippen LogP contribution in [0.1, 0.15) is 30.9 Å². The van der Waals surface area contributed by atoms with Crippen molar-refractivity contribution in [3.63, 3.8) is 0 Å². The number of nitrogens with zero attached hydrogens (tertiary/aromatic N) is 4. The van der Waals surface area contributed by atoms with E-state index >= 15 is 0 Å². The number of carbonyl (C=O) groups is 1. The maximum Gasteiger partial charge on any atom is 0.303 e. The van der Waals surface area contributed by atoms with Gasteiger partial charge in [-0.25, -0.2) is 19.9 Å². The van der Waals surface area contributed by atoms with Crippen LogP contribution in [0.3, 0.4) is 0 Å². The average molecular weight is 543 g/mol. The summed E-state index contributed by atoms with van der Waals surface area (Å²) >= 11 is 0. The summed E-state index contributed by atoms with van der Waals surface area (Å²) in [4.78, 5) is 29.4. The maximum atomic E-state index is 11.5. The van der Waals surface area contributed by atoms with Gasteiger partial charge in [-0.15, -0.1) is 0 Å². The van der Waals surface area contributed by atoms with Crippen LogP contribution in [-0.2, 0) is 10.2 Å². The third-order valence-corrected chi connectivity index (χ3v) is 7.12. The molecule has 8 nitrogen and oxygen atoms in total. The van der Waals surface area contributed by atoms with E-state index in [4.69, 9.17) is 9.47 Å². The summed E-state index contributed by atoms with van der Waals surface area (Å²) in [6.07, 6.45) is 3.63. The van der Waals surface area contributed by atoms with Crippen LogP contribution in [0.25, 0.3) is 22.1 Å². The summed E-state index contributed by atoms with van der Waals surface area (Å²) in [5.74, 6) is 1.17. The molecule has 4 aromatic carbocycles. The molecule has 1 N–H and O–H groups in total. The fourth-order valence-corrected chi connectivity index (χ4v) is 4.81. The van der Waals surface area contributed by atoms with Crippen molar-refractivity contribution in [1.82, 2.24) is 19.9 Å². The van der Waals surface area contributed by atoms with Gasteiger partial charge in [-0.2, -0.15) is 0 Å². The Morgan fingerprint density at radius 3 is 1.49 bits per heavy atom. The molecule has 202 valence electrons. The molecular formula is C33H26N4O4. The smallest absolute Gasteiger partial charge is 0.303 e. The van der Waals surface area contributed by atoms with E-state index in [0.717, 1.165) is 33.2 Å². The Hall–Kier alpha value is -5.37. The minimum Gasteiger partial charge on any atom is -0.481 e. The van der Waals surface area contributed by atoms with Gasteiger partial charge in [-0.1, -0.05) is 55.5 Å². The van der Waals surface area contributed by atoms with Crippen molar-refractivity contribution in [2.24, 2.45) is 0 Å². The largest absolute Gasteiger partial charge is 0.481 e. The second-order valence-corrected chi connectivity index (χ2v) is 9.87. The number of carboxylic acids is 1. The molecule has 0 saturated heterocycles. The normalized spacial score (nSPS) is 11.4. The van der Waals surface area contributed by atoms with E-state index in [1.54, 1.807) is 12.4 Å². The molecule has 6 aromatic rings. The lowest BCUT2D eigenvalue weighted by atomic mass is 9.73. The van der Waals surface area contributed by atoms with Crippen LogP contribution in [0.2, 0.25) is 0 Å². The molecule has 0 aliphatic carbocycles. The zero-order valence-electron chi connectivity index (χ0n) is 22.3. The SMILES string of the molecule is CC(CCC(=O)O)(c1ccc(Oc2cnc3ccccc3n2)cc1)c1ccc(Oc2cnc3ccccc3n2)cc1. The van der Waals surface area contributed by atoms with E-state index in [9.17, 15) is 9.90 Å². The van der Waals surface area contributed by atoms with Crippen LogP contribution in [-0.4, -0.2) is 31.0 Å². The molecule has 2 aromatic heterocycles. The average Bonchev–Trinajstić information content (AvgIpc) is 3.00. The number of carboxylic acid groups (broad SMARTS) is 1. The zero-order valence-corrected chi connectivity index (χ0v) is 22.3. The molecule has 0 unspecified atom stereocenters. The third-order valence-electron chi connectivity index (χ3n) is 7.12. The highest BCUT2D eigenvalue weighted by Crippen LogP contribution is 2.38. The van der Waals surface area contributed by atoms with Crippen LogP contribution in [0.4, 0.5) is 0 Å². The lowest BCUT2D eigenvalue weighted by Gasteiger charge is -2.31. The molecule has 41 heavy (non-hydrogen) atoms. The van der Waals surface area contributed by atoms with Crippen molar-refractivity contribution >= 4 is 28.0 Å². The number of hydrogen-bond acceptors (Lipinski definition) is 7. The van der Waals surface area contributed by atoms with Crippen molar-refractivity contribution in [3.8, 4) is 23.3 Å². The highest BCUT2D eigenvalue weighted by Gasteiger charge is 2.30. The molecule has 0 atom stereocenters. The van der Waals surface area contributed by atoms with E-state index in [1.807, 2.05) is 104 Å². The Kier molecular flexibility index (Phi) is 6.95.